The topological polar surface area (TPSA) is 56.1 Å². The number of fused-ring (bicyclic) bond motifs is 1. The maximum Gasteiger partial charge on any atom is 0.316 e. The van der Waals surface area contributed by atoms with Crippen molar-refractivity contribution < 1.29 is 4.74 Å². The number of pyridine rings is 1. The third-order valence-corrected chi connectivity index (χ3v) is 4.11. The largest absolute Gasteiger partial charge is 0.457 e. The molecule has 1 aliphatic heterocycles. The zero-order chi connectivity index (χ0) is 16.2. The Kier molecular flexibility index (Phi) is 4.20. The number of aromatic nitrogens is 4. The molecule has 0 N–H and O–H groups in total. The SMILES string of the molecule is c1cnc(O[C@H]2CN(Cc3cccnc3)Cc3cccn3C2)nc1. The minimum absolute atomic E-state index is 0.00211. The van der Waals surface area contributed by atoms with Crippen LogP contribution in [0, 0.1) is 0 Å². The maximum atomic E-state index is 6.03. The first-order valence-electron chi connectivity index (χ1n) is 8.06. The van der Waals surface area contributed by atoms with Crippen LogP contribution in [0.2, 0.25) is 0 Å². The lowest BCUT2D eigenvalue weighted by Crippen LogP contribution is -2.35. The third-order valence-electron chi connectivity index (χ3n) is 4.11. The molecule has 0 fully saturated rings. The highest BCUT2D eigenvalue weighted by atomic mass is 16.5. The number of nitrogens with zero attached hydrogens (tertiary/aromatic N) is 5. The van der Waals surface area contributed by atoms with Crippen LogP contribution in [-0.4, -0.2) is 37.1 Å². The van der Waals surface area contributed by atoms with Crippen LogP contribution in [0.5, 0.6) is 6.01 Å². The number of hydrogen-bond donors (Lipinski definition) is 0. The van der Waals surface area contributed by atoms with Crippen molar-refractivity contribution in [2.75, 3.05) is 6.54 Å². The van der Waals surface area contributed by atoms with Gasteiger partial charge in [-0.25, -0.2) is 9.97 Å². The van der Waals surface area contributed by atoms with Gasteiger partial charge in [-0.05, 0) is 29.8 Å². The lowest BCUT2D eigenvalue weighted by molar-refractivity contribution is 0.114. The summed E-state index contributed by atoms with van der Waals surface area (Å²) in [6.45, 7) is 3.34. The summed E-state index contributed by atoms with van der Waals surface area (Å²) in [5, 5.41) is 0. The second-order valence-electron chi connectivity index (χ2n) is 5.95. The summed E-state index contributed by atoms with van der Waals surface area (Å²) in [7, 11) is 0. The minimum Gasteiger partial charge on any atom is -0.457 e. The van der Waals surface area contributed by atoms with Gasteiger partial charge in [-0.1, -0.05) is 6.07 Å². The van der Waals surface area contributed by atoms with Gasteiger partial charge in [-0.15, -0.1) is 0 Å². The smallest absolute Gasteiger partial charge is 0.316 e. The highest BCUT2D eigenvalue weighted by Gasteiger charge is 2.23. The molecule has 0 bridgehead atoms. The van der Waals surface area contributed by atoms with E-state index in [1.165, 1.54) is 11.3 Å². The number of hydrogen-bond acceptors (Lipinski definition) is 5. The van der Waals surface area contributed by atoms with E-state index in [4.69, 9.17) is 4.74 Å². The zero-order valence-corrected chi connectivity index (χ0v) is 13.3. The fraction of sp³-hybridized carbons (Fsp3) is 0.278. The monoisotopic (exact) mass is 321 g/mol. The fourth-order valence-corrected chi connectivity index (χ4v) is 3.07. The van der Waals surface area contributed by atoms with Crippen LogP contribution < -0.4 is 4.74 Å². The Labute approximate surface area is 140 Å². The lowest BCUT2D eigenvalue weighted by Gasteiger charge is -2.23. The molecule has 6 heteroatoms. The molecule has 0 unspecified atom stereocenters. The van der Waals surface area contributed by atoms with E-state index in [9.17, 15) is 0 Å². The molecule has 0 amide bonds. The van der Waals surface area contributed by atoms with Gasteiger partial charge in [0.1, 0.15) is 6.10 Å². The van der Waals surface area contributed by atoms with Gasteiger partial charge < -0.3 is 9.30 Å². The molecule has 0 aromatic carbocycles. The number of ether oxygens (including phenoxy) is 1. The minimum atomic E-state index is -0.00211. The molecule has 4 rings (SSSR count). The Morgan fingerprint density at radius 2 is 1.96 bits per heavy atom. The Balaban J connectivity index is 1.54. The van der Waals surface area contributed by atoms with E-state index in [2.05, 4.69) is 48.8 Å². The predicted molar refractivity (Wildman–Crippen MR) is 89.2 cm³/mol. The predicted octanol–water partition coefficient (Wildman–Crippen LogP) is 2.14. The van der Waals surface area contributed by atoms with E-state index in [0.29, 0.717) is 6.01 Å². The standard InChI is InChI=1S/C18H19N5O/c1-4-15(10-19-6-1)11-22-12-16-5-2-9-23(16)14-17(13-22)24-18-20-7-3-8-21-18/h1-10,17H,11-14H2/t17-/m0/s1. The van der Waals surface area contributed by atoms with Crippen molar-refractivity contribution in [3.05, 3.63) is 72.6 Å². The summed E-state index contributed by atoms with van der Waals surface area (Å²) in [6, 6.07) is 10.5. The number of rotatable bonds is 4. The van der Waals surface area contributed by atoms with Crippen molar-refractivity contribution in [2.45, 2.75) is 25.7 Å². The van der Waals surface area contributed by atoms with Crippen LogP contribution in [0.1, 0.15) is 11.3 Å². The fourth-order valence-electron chi connectivity index (χ4n) is 3.07. The lowest BCUT2D eigenvalue weighted by atomic mass is 10.2. The Bertz CT molecular complexity index is 710. The first-order valence-corrected chi connectivity index (χ1v) is 8.06. The van der Waals surface area contributed by atoms with Gasteiger partial charge in [0.15, 0.2) is 0 Å². The van der Waals surface area contributed by atoms with Crippen molar-refractivity contribution in [1.29, 1.82) is 0 Å². The molecule has 3 aromatic heterocycles. The average molecular weight is 321 g/mol. The molecule has 24 heavy (non-hydrogen) atoms. The van der Waals surface area contributed by atoms with Gasteiger partial charge in [0.25, 0.3) is 0 Å². The average Bonchev–Trinajstić information content (AvgIpc) is 2.96. The van der Waals surface area contributed by atoms with Gasteiger partial charge >= 0.3 is 6.01 Å². The van der Waals surface area contributed by atoms with E-state index >= 15 is 0 Å². The van der Waals surface area contributed by atoms with Crippen molar-refractivity contribution >= 4 is 0 Å². The quantitative estimate of drug-likeness (QED) is 0.737. The van der Waals surface area contributed by atoms with E-state index in [-0.39, 0.29) is 6.10 Å². The molecule has 122 valence electrons. The Morgan fingerprint density at radius 3 is 2.79 bits per heavy atom. The molecule has 3 aromatic rings. The molecule has 0 saturated heterocycles. The van der Waals surface area contributed by atoms with Crippen molar-refractivity contribution in [1.82, 2.24) is 24.4 Å². The van der Waals surface area contributed by atoms with Gasteiger partial charge in [0.2, 0.25) is 0 Å². The molecule has 1 aliphatic rings. The van der Waals surface area contributed by atoms with Crippen LogP contribution in [-0.2, 0) is 19.6 Å². The summed E-state index contributed by atoms with van der Waals surface area (Å²) < 4.78 is 8.28. The van der Waals surface area contributed by atoms with Crippen molar-refractivity contribution in [3.63, 3.8) is 0 Å². The van der Waals surface area contributed by atoms with Crippen molar-refractivity contribution in [3.8, 4) is 6.01 Å². The summed E-state index contributed by atoms with van der Waals surface area (Å²) in [5.74, 6) is 0. The normalized spacial score (nSPS) is 17.9. The molecule has 0 radical (unpaired) electrons. The summed E-state index contributed by atoms with van der Waals surface area (Å²) >= 11 is 0. The highest BCUT2D eigenvalue weighted by Crippen LogP contribution is 2.18. The molecule has 6 nitrogen and oxygen atoms in total. The maximum absolute atomic E-state index is 6.03. The zero-order valence-electron chi connectivity index (χ0n) is 13.3. The molecule has 4 heterocycles. The molecular weight excluding hydrogens is 302 g/mol. The summed E-state index contributed by atoms with van der Waals surface area (Å²) in [6.07, 6.45) is 9.22. The van der Waals surface area contributed by atoms with Crippen LogP contribution in [0.4, 0.5) is 0 Å². The van der Waals surface area contributed by atoms with E-state index in [1.54, 1.807) is 24.7 Å². The molecule has 0 aliphatic carbocycles. The van der Waals surface area contributed by atoms with Crippen molar-refractivity contribution in [2.24, 2.45) is 0 Å². The van der Waals surface area contributed by atoms with Crippen LogP contribution in [0.3, 0.4) is 0 Å². The first-order chi connectivity index (χ1) is 11.9. The highest BCUT2D eigenvalue weighted by molar-refractivity contribution is 5.12. The molecule has 1 atom stereocenters. The second-order valence-corrected chi connectivity index (χ2v) is 5.95. The Hall–Kier alpha value is -2.73. The Morgan fingerprint density at radius 1 is 1.04 bits per heavy atom. The van der Waals surface area contributed by atoms with Gasteiger partial charge in [0, 0.05) is 56.3 Å². The van der Waals surface area contributed by atoms with Crippen LogP contribution in [0.25, 0.3) is 0 Å². The van der Waals surface area contributed by atoms with Gasteiger partial charge in [-0.2, -0.15) is 0 Å². The molecule has 0 spiro atoms. The van der Waals surface area contributed by atoms with Crippen LogP contribution >= 0.6 is 0 Å². The van der Waals surface area contributed by atoms with Gasteiger partial charge in [0.05, 0.1) is 6.54 Å². The van der Waals surface area contributed by atoms with E-state index < -0.39 is 0 Å². The van der Waals surface area contributed by atoms with E-state index in [0.717, 1.165) is 26.2 Å². The van der Waals surface area contributed by atoms with Crippen LogP contribution in [0.15, 0.2) is 61.3 Å². The second kappa shape index (κ2) is 6.80. The molecular formula is C18H19N5O. The molecule has 0 saturated carbocycles. The summed E-state index contributed by atoms with van der Waals surface area (Å²) in [5.41, 5.74) is 2.49. The van der Waals surface area contributed by atoms with Gasteiger partial charge in [-0.3, -0.25) is 9.88 Å². The first kappa shape index (κ1) is 14.8. The van der Waals surface area contributed by atoms with E-state index in [1.807, 2.05) is 12.3 Å². The summed E-state index contributed by atoms with van der Waals surface area (Å²) in [4.78, 5) is 15.0. The third kappa shape index (κ3) is 3.44.